The van der Waals surface area contributed by atoms with E-state index in [0.29, 0.717) is 37.9 Å². The number of alkyl halides is 3. The molecule has 0 radical (unpaired) electrons. The number of morpholine rings is 1. The van der Waals surface area contributed by atoms with Crippen molar-refractivity contribution >= 4 is 11.9 Å². The van der Waals surface area contributed by atoms with Crippen molar-refractivity contribution in [3.63, 3.8) is 0 Å². The minimum absolute atomic E-state index is 0.0534. The van der Waals surface area contributed by atoms with Gasteiger partial charge in [0.2, 0.25) is 5.95 Å². The van der Waals surface area contributed by atoms with Crippen LogP contribution < -0.4 is 10.2 Å². The Kier molecular flexibility index (Phi) is 5.36. The van der Waals surface area contributed by atoms with E-state index in [1.54, 1.807) is 12.3 Å². The summed E-state index contributed by atoms with van der Waals surface area (Å²) < 4.78 is 43.5. The molecule has 1 aliphatic rings. The summed E-state index contributed by atoms with van der Waals surface area (Å²) in [7, 11) is 0. The highest BCUT2D eigenvalue weighted by atomic mass is 19.4. The largest absolute Gasteiger partial charge is 0.416 e. The van der Waals surface area contributed by atoms with E-state index < -0.39 is 17.6 Å². The van der Waals surface area contributed by atoms with E-state index >= 15 is 0 Å². The maximum Gasteiger partial charge on any atom is 0.416 e. The molecule has 0 unspecified atom stereocenters. The summed E-state index contributed by atoms with van der Waals surface area (Å²) in [5, 5.41) is 2.58. The topological polar surface area (TPSA) is 67.4 Å². The molecule has 0 atom stereocenters. The number of carbonyl (C=O) groups is 1. The molecule has 6 nitrogen and oxygen atoms in total. The third-order valence-electron chi connectivity index (χ3n) is 3.88. The van der Waals surface area contributed by atoms with Gasteiger partial charge in [0.05, 0.1) is 31.0 Å². The lowest BCUT2D eigenvalue weighted by Crippen LogP contribution is -2.37. The Morgan fingerprint density at radius 1 is 1.23 bits per heavy atom. The zero-order chi connectivity index (χ0) is 18.6. The fraction of sp³-hybridized carbons (Fsp3) is 0.353. The molecule has 0 spiro atoms. The number of nitrogens with zero attached hydrogens (tertiary/aromatic N) is 3. The van der Waals surface area contributed by atoms with Crippen LogP contribution in [0.25, 0.3) is 0 Å². The van der Waals surface area contributed by atoms with E-state index in [4.69, 9.17) is 4.74 Å². The Morgan fingerprint density at radius 2 is 2.00 bits per heavy atom. The van der Waals surface area contributed by atoms with E-state index in [1.807, 2.05) is 4.90 Å². The number of amides is 1. The molecule has 138 valence electrons. The average Bonchev–Trinajstić information content (AvgIpc) is 2.66. The Labute approximate surface area is 148 Å². The van der Waals surface area contributed by atoms with Gasteiger partial charge in [0.15, 0.2) is 0 Å². The number of rotatable bonds is 4. The molecule has 0 saturated carbocycles. The van der Waals surface area contributed by atoms with Crippen molar-refractivity contribution < 1.29 is 22.7 Å². The number of hydrogen-bond acceptors (Lipinski definition) is 5. The second kappa shape index (κ2) is 7.69. The predicted octanol–water partition coefficient (Wildman–Crippen LogP) is 2.26. The Morgan fingerprint density at radius 3 is 2.73 bits per heavy atom. The summed E-state index contributed by atoms with van der Waals surface area (Å²) in [6.07, 6.45) is -2.90. The van der Waals surface area contributed by atoms with Gasteiger partial charge in [-0.15, -0.1) is 0 Å². The van der Waals surface area contributed by atoms with Crippen molar-refractivity contribution in [1.29, 1.82) is 0 Å². The summed E-state index contributed by atoms with van der Waals surface area (Å²) >= 11 is 0. The van der Waals surface area contributed by atoms with Gasteiger partial charge in [0.1, 0.15) is 0 Å². The van der Waals surface area contributed by atoms with Crippen molar-refractivity contribution in [3.8, 4) is 0 Å². The fourth-order valence-corrected chi connectivity index (χ4v) is 2.51. The molecular weight excluding hydrogens is 349 g/mol. The molecule has 1 saturated heterocycles. The van der Waals surface area contributed by atoms with Crippen molar-refractivity contribution in [2.75, 3.05) is 31.2 Å². The van der Waals surface area contributed by atoms with Crippen molar-refractivity contribution in [1.82, 2.24) is 15.3 Å². The van der Waals surface area contributed by atoms with Crippen LogP contribution in [-0.4, -0.2) is 42.2 Å². The van der Waals surface area contributed by atoms with Crippen LogP contribution in [0.3, 0.4) is 0 Å². The monoisotopic (exact) mass is 366 g/mol. The predicted molar refractivity (Wildman–Crippen MR) is 87.7 cm³/mol. The van der Waals surface area contributed by atoms with Crippen LogP contribution in [0.1, 0.15) is 21.6 Å². The van der Waals surface area contributed by atoms with E-state index in [-0.39, 0.29) is 12.1 Å². The molecule has 2 aromatic rings. The Balaban J connectivity index is 1.64. The molecule has 26 heavy (non-hydrogen) atoms. The van der Waals surface area contributed by atoms with E-state index in [0.717, 1.165) is 12.1 Å². The lowest BCUT2D eigenvalue weighted by molar-refractivity contribution is -0.137. The van der Waals surface area contributed by atoms with Crippen LogP contribution in [0.15, 0.2) is 36.5 Å². The zero-order valence-electron chi connectivity index (χ0n) is 13.8. The lowest BCUT2D eigenvalue weighted by Gasteiger charge is -2.26. The maximum absolute atomic E-state index is 12.7. The van der Waals surface area contributed by atoms with Crippen LogP contribution in [-0.2, 0) is 17.5 Å². The average molecular weight is 366 g/mol. The number of anilines is 1. The van der Waals surface area contributed by atoms with Crippen LogP contribution in [0.4, 0.5) is 19.1 Å². The second-order valence-electron chi connectivity index (χ2n) is 5.71. The molecule has 1 N–H and O–H groups in total. The molecule has 1 amide bonds. The first-order chi connectivity index (χ1) is 12.4. The summed E-state index contributed by atoms with van der Waals surface area (Å²) in [4.78, 5) is 22.7. The minimum Gasteiger partial charge on any atom is -0.378 e. The summed E-state index contributed by atoms with van der Waals surface area (Å²) in [5.41, 5.74) is -0.342. The molecule has 1 aromatic heterocycles. The SMILES string of the molecule is O=C(NCc1ccnc(N2CCOCC2)n1)c1cccc(C(F)(F)F)c1. The number of nitrogens with one attached hydrogen (secondary N) is 1. The van der Waals surface area contributed by atoms with Gasteiger partial charge in [-0.25, -0.2) is 9.97 Å². The van der Waals surface area contributed by atoms with Gasteiger partial charge in [-0.1, -0.05) is 6.07 Å². The summed E-state index contributed by atoms with van der Waals surface area (Å²) in [6.45, 7) is 2.65. The van der Waals surface area contributed by atoms with Gasteiger partial charge >= 0.3 is 6.18 Å². The molecular formula is C17H17F3N4O2. The molecule has 2 heterocycles. The summed E-state index contributed by atoms with van der Waals surface area (Å²) in [6, 6.07) is 5.95. The van der Waals surface area contributed by atoms with Gasteiger partial charge in [0.25, 0.3) is 5.91 Å². The quantitative estimate of drug-likeness (QED) is 0.899. The van der Waals surface area contributed by atoms with Gasteiger partial charge in [-0.05, 0) is 24.3 Å². The Hall–Kier alpha value is -2.68. The third kappa shape index (κ3) is 4.48. The van der Waals surface area contributed by atoms with Gasteiger partial charge in [0, 0.05) is 24.8 Å². The first kappa shape index (κ1) is 18.1. The number of ether oxygens (including phenoxy) is 1. The fourth-order valence-electron chi connectivity index (χ4n) is 2.51. The molecule has 0 bridgehead atoms. The molecule has 1 fully saturated rings. The van der Waals surface area contributed by atoms with Crippen LogP contribution in [0.5, 0.6) is 0 Å². The smallest absolute Gasteiger partial charge is 0.378 e. The number of aromatic nitrogens is 2. The third-order valence-corrected chi connectivity index (χ3v) is 3.88. The highest BCUT2D eigenvalue weighted by molar-refractivity contribution is 5.94. The number of benzene rings is 1. The first-order valence-corrected chi connectivity index (χ1v) is 8.03. The standard InChI is InChI=1S/C17H17F3N4O2/c18-17(19,20)13-3-1-2-12(10-13)15(25)22-11-14-4-5-21-16(23-14)24-6-8-26-9-7-24/h1-5,10H,6-9,11H2,(H,22,25). The van der Waals surface area contributed by atoms with Crippen molar-refractivity contribution in [3.05, 3.63) is 53.3 Å². The molecule has 1 aromatic carbocycles. The van der Waals surface area contributed by atoms with E-state index in [1.165, 1.54) is 12.1 Å². The Bertz CT molecular complexity index is 777. The normalized spacial score (nSPS) is 15.0. The second-order valence-corrected chi connectivity index (χ2v) is 5.71. The molecule has 9 heteroatoms. The number of halogens is 3. The van der Waals surface area contributed by atoms with Gasteiger partial charge < -0.3 is 15.0 Å². The van der Waals surface area contributed by atoms with Crippen LogP contribution in [0, 0.1) is 0 Å². The van der Waals surface area contributed by atoms with E-state index in [9.17, 15) is 18.0 Å². The maximum atomic E-state index is 12.7. The molecule has 1 aliphatic heterocycles. The first-order valence-electron chi connectivity index (χ1n) is 8.03. The minimum atomic E-state index is -4.49. The highest BCUT2D eigenvalue weighted by Crippen LogP contribution is 2.29. The summed E-state index contributed by atoms with van der Waals surface area (Å²) in [5.74, 6) is -0.0539. The lowest BCUT2D eigenvalue weighted by atomic mass is 10.1. The van der Waals surface area contributed by atoms with Gasteiger partial charge in [-0.2, -0.15) is 13.2 Å². The number of carbonyl (C=O) groups excluding carboxylic acids is 1. The van der Waals surface area contributed by atoms with E-state index in [2.05, 4.69) is 15.3 Å². The molecule has 0 aliphatic carbocycles. The zero-order valence-corrected chi connectivity index (χ0v) is 13.8. The van der Waals surface area contributed by atoms with Gasteiger partial charge in [-0.3, -0.25) is 4.79 Å². The molecule has 3 rings (SSSR count). The number of hydrogen-bond donors (Lipinski definition) is 1. The van der Waals surface area contributed by atoms with Crippen molar-refractivity contribution in [2.24, 2.45) is 0 Å². The van der Waals surface area contributed by atoms with Crippen LogP contribution >= 0.6 is 0 Å². The van der Waals surface area contributed by atoms with Crippen molar-refractivity contribution in [2.45, 2.75) is 12.7 Å². The van der Waals surface area contributed by atoms with Crippen LogP contribution in [0.2, 0.25) is 0 Å². The highest BCUT2D eigenvalue weighted by Gasteiger charge is 2.30.